The Balaban J connectivity index is 2.61. The second kappa shape index (κ2) is 6.00. The SMILES string of the molecule is C[C@@H](CC#N)[C@@H](NC(=O)[C@H]1CCC(=O)N1)C(=O)O. The minimum absolute atomic E-state index is 0.0360. The first-order valence-corrected chi connectivity index (χ1v) is 5.65. The first-order valence-electron chi connectivity index (χ1n) is 5.65. The Kier molecular flexibility index (Phi) is 4.66. The van der Waals surface area contributed by atoms with Crippen molar-refractivity contribution in [3.05, 3.63) is 0 Å². The van der Waals surface area contributed by atoms with Gasteiger partial charge < -0.3 is 15.7 Å². The Morgan fingerprint density at radius 3 is 2.78 bits per heavy atom. The minimum Gasteiger partial charge on any atom is -0.480 e. The van der Waals surface area contributed by atoms with Crippen molar-refractivity contribution in [3.8, 4) is 6.07 Å². The number of carbonyl (C=O) groups excluding carboxylic acids is 2. The molecule has 3 N–H and O–H groups in total. The van der Waals surface area contributed by atoms with Gasteiger partial charge in [0.25, 0.3) is 0 Å². The van der Waals surface area contributed by atoms with Crippen LogP contribution in [0.5, 0.6) is 0 Å². The molecule has 0 aromatic rings. The number of hydrogen-bond acceptors (Lipinski definition) is 4. The average molecular weight is 253 g/mol. The zero-order valence-electron chi connectivity index (χ0n) is 9.97. The smallest absolute Gasteiger partial charge is 0.326 e. The first-order chi connectivity index (χ1) is 8.45. The highest BCUT2D eigenvalue weighted by atomic mass is 16.4. The fourth-order valence-corrected chi connectivity index (χ4v) is 1.77. The zero-order valence-corrected chi connectivity index (χ0v) is 9.97. The molecular formula is C11H15N3O4. The molecule has 7 heteroatoms. The van der Waals surface area contributed by atoms with E-state index in [1.807, 2.05) is 6.07 Å². The number of nitrogens with zero attached hydrogens (tertiary/aromatic N) is 1. The third-order valence-corrected chi connectivity index (χ3v) is 2.86. The van der Waals surface area contributed by atoms with Gasteiger partial charge in [-0.05, 0) is 6.42 Å². The predicted molar refractivity (Wildman–Crippen MR) is 60.1 cm³/mol. The topological polar surface area (TPSA) is 119 Å². The van der Waals surface area contributed by atoms with Crippen molar-refractivity contribution in [3.63, 3.8) is 0 Å². The highest BCUT2D eigenvalue weighted by Crippen LogP contribution is 2.11. The van der Waals surface area contributed by atoms with Crippen molar-refractivity contribution >= 4 is 17.8 Å². The zero-order chi connectivity index (χ0) is 13.7. The Bertz CT molecular complexity index is 402. The van der Waals surface area contributed by atoms with Crippen molar-refractivity contribution < 1.29 is 19.5 Å². The van der Waals surface area contributed by atoms with E-state index in [9.17, 15) is 14.4 Å². The van der Waals surface area contributed by atoms with Crippen molar-refractivity contribution in [1.29, 1.82) is 5.26 Å². The third-order valence-electron chi connectivity index (χ3n) is 2.86. The van der Waals surface area contributed by atoms with E-state index in [0.717, 1.165) is 0 Å². The fraction of sp³-hybridized carbons (Fsp3) is 0.636. The third kappa shape index (κ3) is 3.45. The summed E-state index contributed by atoms with van der Waals surface area (Å²) in [4.78, 5) is 33.7. The molecule has 0 bridgehead atoms. The fourth-order valence-electron chi connectivity index (χ4n) is 1.77. The van der Waals surface area contributed by atoms with E-state index in [0.29, 0.717) is 6.42 Å². The van der Waals surface area contributed by atoms with E-state index in [4.69, 9.17) is 10.4 Å². The Morgan fingerprint density at radius 2 is 2.33 bits per heavy atom. The molecular weight excluding hydrogens is 238 g/mol. The summed E-state index contributed by atoms with van der Waals surface area (Å²) in [6.07, 6.45) is 0.668. The molecule has 0 saturated carbocycles. The Morgan fingerprint density at radius 1 is 1.67 bits per heavy atom. The monoisotopic (exact) mass is 253 g/mol. The van der Waals surface area contributed by atoms with Crippen LogP contribution in [0.2, 0.25) is 0 Å². The van der Waals surface area contributed by atoms with Crippen molar-refractivity contribution in [2.24, 2.45) is 5.92 Å². The summed E-state index contributed by atoms with van der Waals surface area (Å²) in [5, 5.41) is 22.4. The molecule has 1 aliphatic heterocycles. The lowest BCUT2D eigenvalue weighted by molar-refractivity contribution is -0.143. The lowest BCUT2D eigenvalue weighted by Crippen LogP contribution is -2.51. The van der Waals surface area contributed by atoms with Crippen LogP contribution in [0.25, 0.3) is 0 Å². The van der Waals surface area contributed by atoms with Crippen LogP contribution >= 0.6 is 0 Å². The van der Waals surface area contributed by atoms with Gasteiger partial charge in [-0.3, -0.25) is 9.59 Å². The largest absolute Gasteiger partial charge is 0.480 e. The molecule has 1 saturated heterocycles. The van der Waals surface area contributed by atoms with E-state index in [1.165, 1.54) is 0 Å². The summed E-state index contributed by atoms with van der Waals surface area (Å²) in [6, 6.07) is 0.0797. The van der Waals surface area contributed by atoms with Crippen molar-refractivity contribution in [2.75, 3.05) is 0 Å². The van der Waals surface area contributed by atoms with Crippen molar-refractivity contribution in [2.45, 2.75) is 38.3 Å². The summed E-state index contributed by atoms with van der Waals surface area (Å²) < 4.78 is 0. The van der Waals surface area contributed by atoms with Gasteiger partial charge in [-0.2, -0.15) is 5.26 Å². The summed E-state index contributed by atoms with van der Waals surface area (Å²) in [7, 11) is 0. The quantitative estimate of drug-likeness (QED) is 0.603. The van der Waals surface area contributed by atoms with E-state index in [1.54, 1.807) is 6.92 Å². The van der Waals surface area contributed by atoms with Crippen LogP contribution in [0.4, 0.5) is 0 Å². The van der Waals surface area contributed by atoms with E-state index < -0.39 is 29.9 Å². The highest BCUT2D eigenvalue weighted by Gasteiger charge is 2.32. The molecule has 0 aromatic carbocycles. The summed E-state index contributed by atoms with van der Waals surface area (Å²) >= 11 is 0. The van der Waals surface area contributed by atoms with Crippen LogP contribution in [0.3, 0.4) is 0 Å². The molecule has 0 aliphatic carbocycles. The molecule has 1 rings (SSSR count). The van der Waals surface area contributed by atoms with E-state index in [2.05, 4.69) is 10.6 Å². The van der Waals surface area contributed by atoms with E-state index >= 15 is 0 Å². The normalized spacial score (nSPS) is 21.6. The second-order valence-electron chi connectivity index (χ2n) is 4.32. The number of rotatable bonds is 5. The number of carbonyl (C=O) groups is 3. The van der Waals surface area contributed by atoms with Gasteiger partial charge in [0, 0.05) is 18.8 Å². The Labute approximate surface area is 104 Å². The van der Waals surface area contributed by atoms with Crippen LogP contribution in [-0.4, -0.2) is 35.0 Å². The standard InChI is InChI=1S/C11H15N3O4/c1-6(4-5-12)9(11(17)18)14-10(16)7-2-3-8(15)13-7/h6-7,9H,2-4H2,1H3,(H,13,15)(H,14,16)(H,17,18)/t6-,7+,9+/m0/s1. The maximum Gasteiger partial charge on any atom is 0.326 e. The molecule has 0 radical (unpaired) electrons. The number of carboxylic acids is 1. The molecule has 0 unspecified atom stereocenters. The minimum atomic E-state index is -1.18. The van der Waals surface area contributed by atoms with Crippen LogP contribution in [-0.2, 0) is 14.4 Å². The first kappa shape index (κ1) is 14.0. The average Bonchev–Trinajstić information content (AvgIpc) is 2.72. The maximum atomic E-state index is 11.7. The van der Waals surface area contributed by atoms with Gasteiger partial charge >= 0.3 is 5.97 Å². The molecule has 1 fully saturated rings. The number of carboxylic acid groups (broad SMARTS) is 1. The summed E-state index contributed by atoms with van der Waals surface area (Å²) in [5.41, 5.74) is 0. The summed E-state index contributed by atoms with van der Waals surface area (Å²) in [6.45, 7) is 1.58. The number of nitrogens with one attached hydrogen (secondary N) is 2. The molecule has 3 atom stereocenters. The number of nitriles is 1. The maximum absolute atomic E-state index is 11.7. The molecule has 0 spiro atoms. The molecule has 0 aromatic heterocycles. The molecule has 98 valence electrons. The van der Waals surface area contributed by atoms with Gasteiger partial charge in [0.15, 0.2) is 0 Å². The van der Waals surface area contributed by atoms with Gasteiger partial charge in [0.2, 0.25) is 11.8 Å². The second-order valence-corrected chi connectivity index (χ2v) is 4.32. The van der Waals surface area contributed by atoms with Gasteiger partial charge in [-0.25, -0.2) is 4.79 Å². The van der Waals surface area contributed by atoms with Gasteiger partial charge in [-0.1, -0.05) is 6.92 Å². The van der Waals surface area contributed by atoms with Crippen LogP contribution in [0, 0.1) is 17.2 Å². The van der Waals surface area contributed by atoms with Crippen molar-refractivity contribution in [1.82, 2.24) is 10.6 Å². The van der Waals surface area contributed by atoms with Gasteiger partial charge in [0.05, 0.1) is 6.07 Å². The molecule has 1 aliphatic rings. The van der Waals surface area contributed by atoms with Crippen LogP contribution in [0.1, 0.15) is 26.2 Å². The number of aliphatic carboxylic acids is 1. The lowest BCUT2D eigenvalue weighted by Gasteiger charge is -2.21. The lowest BCUT2D eigenvalue weighted by atomic mass is 9.98. The predicted octanol–water partition coefficient (Wildman–Crippen LogP) is -0.616. The van der Waals surface area contributed by atoms with Gasteiger partial charge in [0.1, 0.15) is 12.1 Å². The number of hydrogen-bond donors (Lipinski definition) is 3. The molecule has 7 nitrogen and oxygen atoms in total. The molecule has 2 amide bonds. The van der Waals surface area contributed by atoms with Crippen LogP contribution in [0.15, 0.2) is 0 Å². The van der Waals surface area contributed by atoms with Crippen LogP contribution < -0.4 is 10.6 Å². The highest BCUT2D eigenvalue weighted by molar-refractivity contribution is 5.92. The summed E-state index contributed by atoms with van der Waals surface area (Å²) in [5.74, 6) is -2.41. The Hall–Kier alpha value is -2.10. The van der Waals surface area contributed by atoms with E-state index in [-0.39, 0.29) is 18.7 Å². The van der Waals surface area contributed by atoms with Gasteiger partial charge in [-0.15, -0.1) is 0 Å². The number of amides is 2. The molecule has 1 heterocycles. The molecule has 18 heavy (non-hydrogen) atoms.